The fourth-order valence-corrected chi connectivity index (χ4v) is 7.94. The first-order chi connectivity index (χ1) is 12.1. The third-order valence-corrected chi connectivity index (χ3v) is 8.93. The van der Waals surface area contributed by atoms with Crippen molar-refractivity contribution in [2.45, 2.75) is 78.2 Å². The van der Waals surface area contributed by atoms with Gasteiger partial charge in [0.2, 0.25) is 0 Å². The van der Waals surface area contributed by atoms with Crippen LogP contribution in [0.3, 0.4) is 0 Å². The Hall–Kier alpha value is -1.32. The van der Waals surface area contributed by atoms with Crippen LogP contribution in [0.5, 0.6) is 0 Å². The molecule has 144 valence electrons. The molecule has 7 atom stereocenters. The van der Waals surface area contributed by atoms with Crippen LogP contribution in [0.2, 0.25) is 0 Å². The van der Waals surface area contributed by atoms with E-state index >= 15 is 0 Å². The molecule has 4 fully saturated rings. The molecule has 4 saturated carbocycles. The Morgan fingerprint density at radius 1 is 1.12 bits per heavy atom. The van der Waals surface area contributed by atoms with Crippen LogP contribution in [0.25, 0.3) is 0 Å². The number of fused-ring (bicyclic) bond motifs is 3. The Bertz CT molecular complexity index is 669. The molecule has 0 N–H and O–H groups in total. The molecule has 0 radical (unpaired) electrons. The van der Waals surface area contributed by atoms with Gasteiger partial charge in [0.05, 0.1) is 0 Å². The van der Waals surface area contributed by atoms with E-state index in [0.29, 0.717) is 11.8 Å². The van der Waals surface area contributed by atoms with Crippen LogP contribution in [0, 0.1) is 34.0 Å². The molecule has 26 heavy (non-hydrogen) atoms. The maximum atomic E-state index is 12.1. The minimum atomic E-state index is -0.884. The number of hydrogen-bond donors (Lipinski definition) is 0. The highest BCUT2D eigenvalue weighted by molar-refractivity contribution is 5.73. The SMILES string of the molecule is C=C1[C@@H]2CC[C@H]3[C@@]4(C)CCC[C@@](C)(C(=O)[O-])[C@H]4CC[C@]3(C2)[C@@H]1OC(C)=O. The molecule has 0 aromatic carbocycles. The van der Waals surface area contributed by atoms with E-state index in [4.69, 9.17) is 4.74 Å². The van der Waals surface area contributed by atoms with Crippen LogP contribution in [0.4, 0.5) is 0 Å². The average Bonchev–Trinajstić information content (AvgIpc) is 2.75. The number of esters is 1. The Labute approximate surface area is 156 Å². The van der Waals surface area contributed by atoms with Gasteiger partial charge in [0.25, 0.3) is 0 Å². The highest BCUT2D eigenvalue weighted by atomic mass is 16.5. The summed E-state index contributed by atoms with van der Waals surface area (Å²) in [6.45, 7) is 10.0. The first-order valence-corrected chi connectivity index (χ1v) is 10.2. The molecule has 4 aliphatic rings. The van der Waals surface area contributed by atoms with Gasteiger partial charge in [-0.2, -0.15) is 0 Å². The molecular formula is C22H31O4-. The third-order valence-electron chi connectivity index (χ3n) is 8.93. The Kier molecular flexibility index (Phi) is 3.88. The van der Waals surface area contributed by atoms with Crippen LogP contribution in [-0.4, -0.2) is 18.0 Å². The summed E-state index contributed by atoms with van der Waals surface area (Å²) in [6, 6.07) is 0. The van der Waals surface area contributed by atoms with Gasteiger partial charge >= 0.3 is 5.97 Å². The predicted molar refractivity (Wildman–Crippen MR) is 95.8 cm³/mol. The van der Waals surface area contributed by atoms with Crippen molar-refractivity contribution in [2.75, 3.05) is 0 Å². The zero-order valence-electron chi connectivity index (χ0n) is 16.3. The quantitative estimate of drug-likeness (QED) is 0.561. The lowest BCUT2D eigenvalue weighted by molar-refractivity contribution is -0.328. The summed E-state index contributed by atoms with van der Waals surface area (Å²) in [5.41, 5.74) is 0.293. The molecule has 0 aromatic heterocycles. The molecule has 4 nitrogen and oxygen atoms in total. The van der Waals surface area contributed by atoms with E-state index in [9.17, 15) is 14.7 Å². The highest BCUT2D eigenvalue weighted by Gasteiger charge is 2.67. The third kappa shape index (κ3) is 2.13. The minimum absolute atomic E-state index is 0.0285. The van der Waals surface area contributed by atoms with Crippen molar-refractivity contribution < 1.29 is 19.4 Å². The van der Waals surface area contributed by atoms with Crippen molar-refractivity contribution in [3.8, 4) is 0 Å². The lowest BCUT2D eigenvalue weighted by Gasteiger charge is -2.65. The smallest absolute Gasteiger partial charge is 0.303 e. The summed E-state index contributed by atoms with van der Waals surface area (Å²) in [7, 11) is 0. The number of hydrogen-bond acceptors (Lipinski definition) is 4. The molecule has 0 unspecified atom stereocenters. The van der Waals surface area contributed by atoms with Gasteiger partial charge in [-0.3, -0.25) is 4.79 Å². The number of rotatable bonds is 2. The zero-order valence-corrected chi connectivity index (χ0v) is 16.3. The Morgan fingerprint density at radius 2 is 1.85 bits per heavy atom. The van der Waals surface area contributed by atoms with E-state index in [1.54, 1.807) is 0 Å². The van der Waals surface area contributed by atoms with E-state index in [0.717, 1.165) is 56.9 Å². The van der Waals surface area contributed by atoms with Gasteiger partial charge in [0.1, 0.15) is 6.10 Å². The molecule has 0 amide bonds. The van der Waals surface area contributed by atoms with Crippen LogP contribution < -0.4 is 5.11 Å². The molecule has 0 aliphatic heterocycles. The summed E-state index contributed by atoms with van der Waals surface area (Å²) in [5, 5.41) is 12.1. The maximum Gasteiger partial charge on any atom is 0.303 e. The summed E-state index contributed by atoms with van der Waals surface area (Å²) in [6.07, 6.45) is 7.60. The molecule has 4 heteroatoms. The van der Waals surface area contributed by atoms with E-state index in [1.165, 1.54) is 6.92 Å². The van der Waals surface area contributed by atoms with Crippen molar-refractivity contribution in [3.05, 3.63) is 12.2 Å². The monoisotopic (exact) mass is 359 g/mol. The molecule has 1 spiro atoms. The van der Waals surface area contributed by atoms with Crippen LogP contribution in [0.1, 0.15) is 72.1 Å². The summed E-state index contributed by atoms with van der Waals surface area (Å²) in [5.74, 6) is -0.120. The van der Waals surface area contributed by atoms with Gasteiger partial charge in [0.15, 0.2) is 0 Å². The topological polar surface area (TPSA) is 66.4 Å². The number of carboxylic acid groups (broad SMARTS) is 1. The average molecular weight is 359 g/mol. The van der Waals surface area contributed by atoms with E-state index < -0.39 is 11.4 Å². The Morgan fingerprint density at radius 3 is 2.50 bits per heavy atom. The highest BCUT2D eigenvalue weighted by Crippen LogP contribution is 2.72. The normalized spacial score (nSPS) is 49.9. The molecule has 4 aliphatic carbocycles. The van der Waals surface area contributed by atoms with E-state index in [2.05, 4.69) is 13.5 Å². The molecule has 2 bridgehead atoms. The first-order valence-electron chi connectivity index (χ1n) is 10.2. The zero-order chi connectivity index (χ0) is 18.9. The molecule has 0 heterocycles. The lowest BCUT2D eigenvalue weighted by Crippen LogP contribution is -2.62. The maximum absolute atomic E-state index is 12.1. The summed E-state index contributed by atoms with van der Waals surface area (Å²) < 4.78 is 5.85. The van der Waals surface area contributed by atoms with Gasteiger partial charge in [-0.25, -0.2) is 0 Å². The van der Waals surface area contributed by atoms with Crippen molar-refractivity contribution in [3.63, 3.8) is 0 Å². The van der Waals surface area contributed by atoms with E-state index in [1.807, 2.05) is 6.92 Å². The number of carbonyl (C=O) groups is 2. The fourth-order valence-electron chi connectivity index (χ4n) is 7.94. The first kappa shape index (κ1) is 18.1. The summed E-state index contributed by atoms with van der Waals surface area (Å²) >= 11 is 0. The van der Waals surface area contributed by atoms with Crippen LogP contribution >= 0.6 is 0 Å². The van der Waals surface area contributed by atoms with Crippen molar-refractivity contribution in [2.24, 2.45) is 34.0 Å². The summed E-state index contributed by atoms with van der Waals surface area (Å²) in [4.78, 5) is 23.9. The number of carbonyl (C=O) groups excluding carboxylic acids is 2. The van der Waals surface area contributed by atoms with Crippen LogP contribution in [-0.2, 0) is 14.3 Å². The molecular weight excluding hydrogens is 328 g/mol. The van der Waals surface area contributed by atoms with Gasteiger partial charge in [-0.15, -0.1) is 0 Å². The molecule has 4 rings (SSSR count). The van der Waals surface area contributed by atoms with Gasteiger partial charge in [-0.05, 0) is 73.7 Å². The van der Waals surface area contributed by atoms with Crippen molar-refractivity contribution in [1.29, 1.82) is 0 Å². The Balaban J connectivity index is 1.77. The molecule has 0 saturated heterocycles. The minimum Gasteiger partial charge on any atom is -0.550 e. The second kappa shape index (κ2) is 5.59. The number of carboxylic acids is 1. The second-order valence-corrected chi connectivity index (χ2v) is 9.98. The van der Waals surface area contributed by atoms with Crippen molar-refractivity contribution >= 4 is 11.9 Å². The van der Waals surface area contributed by atoms with E-state index in [-0.39, 0.29) is 28.8 Å². The largest absolute Gasteiger partial charge is 0.550 e. The predicted octanol–water partition coefficient (Wildman–Crippen LogP) is 3.25. The molecule has 0 aromatic rings. The number of aliphatic carboxylic acids is 1. The fraction of sp³-hybridized carbons (Fsp3) is 0.818. The second-order valence-electron chi connectivity index (χ2n) is 9.98. The van der Waals surface area contributed by atoms with Crippen LogP contribution in [0.15, 0.2) is 12.2 Å². The number of ether oxygens (including phenoxy) is 1. The standard InChI is InChI=1S/C22H32O4/c1-13-15-6-7-17-20(3)9-5-10-21(4,19(24)25)16(20)8-11-22(17,12-15)18(13)26-14(2)23/h15-18H,1,5-12H2,2-4H3,(H,24,25)/p-1/t15-,16+,17+,18-,20+,21-,22-/m1/s1. The van der Waals surface area contributed by atoms with Crippen molar-refractivity contribution in [1.82, 2.24) is 0 Å². The van der Waals surface area contributed by atoms with Gasteiger partial charge < -0.3 is 14.6 Å². The lowest BCUT2D eigenvalue weighted by atomic mass is 9.40. The van der Waals surface area contributed by atoms with Gasteiger partial charge in [-0.1, -0.05) is 26.8 Å². The van der Waals surface area contributed by atoms with Gasteiger partial charge in [0, 0.05) is 23.7 Å².